The summed E-state index contributed by atoms with van der Waals surface area (Å²) in [4.78, 5) is -0.175. The summed E-state index contributed by atoms with van der Waals surface area (Å²) in [6.07, 6.45) is 2.79. The summed E-state index contributed by atoms with van der Waals surface area (Å²) in [6.45, 7) is 28.9. The third-order valence-corrected chi connectivity index (χ3v) is 13.6. The Labute approximate surface area is 328 Å². The molecule has 0 amide bonds. The van der Waals surface area contributed by atoms with Crippen LogP contribution in [0.5, 0.6) is 11.5 Å². The molecule has 302 valence electrons. The average Bonchev–Trinajstić information content (AvgIpc) is 3.03. The number of phenols is 2. The molecule has 0 aliphatic heterocycles. The van der Waals surface area contributed by atoms with E-state index in [1.54, 1.807) is 0 Å². The molecular formula is C44H68N2O6S2. The molecule has 3 aromatic carbocycles. The van der Waals surface area contributed by atoms with E-state index in [2.05, 4.69) is 0 Å². The molecule has 10 heteroatoms. The zero-order valence-corrected chi connectivity index (χ0v) is 37.1. The largest absolute Gasteiger partial charge is 0.507 e. The van der Waals surface area contributed by atoms with Gasteiger partial charge >= 0.3 is 0 Å². The third kappa shape index (κ3) is 10.7. The van der Waals surface area contributed by atoms with Gasteiger partial charge in [0.2, 0.25) is 20.0 Å². The number of hydrogen-bond donors (Lipinski definition) is 2. The van der Waals surface area contributed by atoms with Crippen LogP contribution >= 0.6 is 0 Å². The molecule has 0 aliphatic rings. The second kappa shape index (κ2) is 16.7. The predicted octanol–water partition coefficient (Wildman–Crippen LogP) is 10.3. The number of sulfonamides is 2. The first-order chi connectivity index (χ1) is 24.6. The molecule has 0 spiro atoms. The highest BCUT2D eigenvalue weighted by atomic mass is 32.2. The van der Waals surface area contributed by atoms with Crippen LogP contribution in [0.1, 0.15) is 156 Å². The van der Waals surface area contributed by atoms with E-state index >= 15 is 0 Å². The summed E-state index contributed by atoms with van der Waals surface area (Å²) in [7, 11) is -8.30. The fourth-order valence-electron chi connectivity index (χ4n) is 6.60. The van der Waals surface area contributed by atoms with Gasteiger partial charge in [-0.05, 0) is 86.1 Å². The van der Waals surface area contributed by atoms with Gasteiger partial charge in [0.25, 0.3) is 0 Å². The van der Waals surface area contributed by atoms with Crippen molar-refractivity contribution in [3.05, 3.63) is 81.9 Å². The highest BCUT2D eigenvalue weighted by Gasteiger charge is 2.33. The van der Waals surface area contributed by atoms with Crippen molar-refractivity contribution in [2.45, 2.75) is 167 Å². The van der Waals surface area contributed by atoms with Crippen LogP contribution in [0, 0.1) is 0 Å². The van der Waals surface area contributed by atoms with E-state index < -0.39 is 20.0 Å². The van der Waals surface area contributed by atoms with Crippen LogP contribution in [0.2, 0.25) is 0 Å². The quantitative estimate of drug-likeness (QED) is 0.168. The van der Waals surface area contributed by atoms with Crippen LogP contribution in [0.3, 0.4) is 0 Å². The molecule has 0 atom stereocenters. The molecule has 0 fully saturated rings. The summed E-state index contributed by atoms with van der Waals surface area (Å²) < 4.78 is 61.0. The van der Waals surface area contributed by atoms with Gasteiger partial charge in [-0.1, -0.05) is 140 Å². The van der Waals surface area contributed by atoms with Crippen LogP contribution in [0.4, 0.5) is 0 Å². The van der Waals surface area contributed by atoms with Crippen molar-refractivity contribution in [1.29, 1.82) is 0 Å². The van der Waals surface area contributed by atoms with Gasteiger partial charge < -0.3 is 10.2 Å². The number of benzene rings is 3. The summed E-state index contributed by atoms with van der Waals surface area (Å²) in [6, 6.07) is 13.3. The Balaban J connectivity index is 2.15. The van der Waals surface area contributed by atoms with Crippen LogP contribution in [-0.2, 0) is 54.8 Å². The van der Waals surface area contributed by atoms with E-state index in [1.807, 2.05) is 121 Å². The van der Waals surface area contributed by atoms with Crippen LogP contribution in [-0.4, -0.2) is 48.7 Å². The van der Waals surface area contributed by atoms with Gasteiger partial charge in [-0.3, -0.25) is 0 Å². The maximum Gasteiger partial charge on any atom is 0.243 e. The monoisotopic (exact) mass is 784 g/mol. The second-order valence-electron chi connectivity index (χ2n) is 18.9. The maximum atomic E-state index is 14.5. The summed E-state index contributed by atoms with van der Waals surface area (Å²) in [5, 5.41) is 22.6. The minimum absolute atomic E-state index is 0.0709. The van der Waals surface area contributed by atoms with Gasteiger partial charge in [0.1, 0.15) is 11.5 Å². The van der Waals surface area contributed by atoms with Crippen molar-refractivity contribution in [3.63, 3.8) is 0 Å². The first-order valence-electron chi connectivity index (χ1n) is 19.4. The standard InChI is InChI=1S/C44H68N2O6S2/c1-15-17-22-45(29-31-24-35(41(3,4)5)39(47)36(25-31)42(6,7)8)53(49,50)33-20-19-21-34(28-33)54(51,52)46(23-18-16-2)30-32-26-37(43(9,10)11)40(48)38(27-32)44(12,13)14/h19-21,24-28,47-48H,15-18,22-23,29-30H2,1-14H3. The molecule has 3 rings (SSSR count). The molecule has 0 aliphatic carbocycles. The van der Waals surface area contributed by atoms with E-state index in [-0.39, 0.29) is 69.1 Å². The Morgan fingerprint density at radius 1 is 0.500 bits per heavy atom. The van der Waals surface area contributed by atoms with Crippen molar-refractivity contribution in [2.75, 3.05) is 13.1 Å². The van der Waals surface area contributed by atoms with E-state index in [0.717, 1.165) is 46.2 Å². The van der Waals surface area contributed by atoms with Crippen molar-refractivity contribution >= 4 is 20.0 Å². The number of aromatic hydroxyl groups is 2. The lowest BCUT2D eigenvalue weighted by molar-refractivity contribution is 0.393. The van der Waals surface area contributed by atoms with Crippen molar-refractivity contribution in [1.82, 2.24) is 8.61 Å². The van der Waals surface area contributed by atoms with Gasteiger partial charge in [-0.25, -0.2) is 16.8 Å². The predicted molar refractivity (Wildman–Crippen MR) is 222 cm³/mol. The Morgan fingerprint density at radius 2 is 0.778 bits per heavy atom. The number of nitrogens with zero attached hydrogens (tertiary/aromatic N) is 2. The lowest BCUT2D eigenvalue weighted by Crippen LogP contribution is -2.33. The minimum Gasteiger partial charge on any atom is -0.507 e. The molecular weight excluding hydrogens is 717 g/mol. The SMILES string of the molecule is CCCCN(Cc1cc(C(C)(C)C)c(O)c(C(C)(C)C)c1)S(=O)(=O)c1cccc(S(=O)(=O)N(CCCC)Cc2cc(C(C)(C)C)c(O)c(C(C)(C)C)c2)c1. The zero-order chi connectivity index (χ0) is 41.2. The number of hydrogen-bond acceptors (Lipinski definition) is 6. The maximum absolute atomic E-state index is 14.5. The fraction of sp³-hybridized carbons (Fsp3) is 0.591. The molecule has 0 radical (unpaired) electrons. The van der Waals surface area contributed by atoms with Crippen LogP contribution in [0.15, 0.2) is 58.3 Å². The van der Waals surface area contributed by atoms with E-state index in [0.29, 0.717) is 12.8 Å². The molecule has 0 bridgehead atoms. The normalized spacial score (nSPS) is 13.6. The van der Waals surface area contributed by atoms with E-state index in [9.17, 15) is 27.0 Å². The minimum atomic E-state index is -4.15. The van der Waals surface area contributed by atoms with E-state index in [4.69, 9.17) is 0 Å². The van der Waals surface area contributed by atoms with Gasteiger partial charge in [-0.15, -0.1) is 0 Å². The molecule has 0 saturated carbocycles. The number of phenolic OH excluding ortho intramolecular Hbond substituents is 2. The van der Waals surface area contributed by atoms with Crippen LogP contribution in [0.25, 0.3) is 0 Å². The Kier molecular flexibility index (Phi) is 14.0. The molecule has 0 aromatic heterocycles. The summed E-state index contributed by atoms with van der Waals surface area (Å²) in [5.41, 5.74) is 2.96. The zero-order valence-electron chi connectivity index (χ0n) is 35.5. The first kappa shape index (κ1) is 45.5. The topological polar surface area (TPSA) is 115 Å². The highest BCUT2D eigenvalue weighted by molar-refractivity contribution is 7.90. The second-order valence-corrected chi connectivity index (χ2v) is 22.8. The number of unbranched alkanes of at least 4 members (excludes halogenated alkanes) is 2. The third-order valence-electron chi connectivity index (χ3n) is 9.89. The molecule has 8 nitrogen and oxygen atoms in total. The van der Waals surface area contributed by atoms with Crippen molar-refractivity contribution in [2.24, 2.45) is 0 Å². The molecule has 0 unspecified atom stereocenters. The average molecular weight is 785 g/mol. The molecule has 2 N–H and O–H groups in total. The lowest BCUT2D eigenvalue weighted by Gasteiger charge is -2.30. The number of rotatable bonds is 14. The summed E-state index contributed by atoms with van der Waals surface area (Å²) in [5.74, 6) is 0.452. The molecule has 0 heterocycles. The van der Waals surface area contributed by atoms with Crippen molar-refractivity contribution in [3.8, 4) is 11.5 Å². The molecule has 54 heavy (non-hydrogen) atoms. The highest BCUT2D eigenvalue weighted by Crippen LogP contribution is 2.42. The Bertz CT molecular complexity index is 1780. The van der Waals surface area contributed by atoms with Gasteiger partial charge in [0.15, 0.2) is 0 Å². The molecule has 3 aromatic rings. The van der Waals surface area contributed by atoms with Crippen molar-refractivity contribution < 1.29 is 27.0 Å². The lowest BCUT2D eigenvalue weighted by atomic mass is 9.78. The Morgan fingerprint density at radius 3 is 1.02 bits per heavy atom. The van der Waals surface area contributed by atoms with E-state index in [1.165, 1.54) is 32.9 Å². The van der Waals surface area contributed by atoms with Gasteiger partial charge in [0.05, 0.1) is 9.79 Å². The smallest absolute Gasteiger partial charge is 0.243 e. The first-order valence-corrected chi connectivity index (χ1v) is 22.3. The van der Waals surface area contributed by atoms with Gasteiger partial charge in [0, 0.05) is 26.2 Å². The summed E-state index contributed by atoms with van der Waals surface area (Å²) >= 11 is 0. The molecule has 0 saturated heterocycles. The van der Waals surface area contributed by atoms with Gasteiger partial charge in [-0.2, -0.15) is 8.61 Å². The Hall–Kier alpha value is -2.92. The van der Waals surface area contributed by atoms with Crippen LogP contribution < -0.4 is 0 Å². The fourth-order valence-corrected chi connectivity index (χ4v) is 9.70.